The normalized spacial score (nSPS) is 13.1. The standard InChI is InChI=1S/C14H19NO2S/c1-16-11-17-9-8-12-10-15(18(2)3)14-7-5-4-6-13(12)14/h4-7,10H,2,8-9,11H2,1,3H3. The quantitative estimate of drug-likeness (QED) is 0.347. The summed E-state index contributed by atoms with van der Waals surface area (Å²) in [5.41, 5.74) is 2.56. The lowest BCUT2D eigenvalue weighted by Crippen LogP contribution is -2.05. The number of benzene rings is 1. The summed E-state index contributed by atoms with van der Waals surface area (Å²) in [7, 11) is 1.64. The second-order valence-electron chi connectivity index (χ2n) is 4.16. The summed E-state index contributed by atoms with van der Waals surface area (Å²) in [4.78, 5) is 0. The van der Waals surface area contributed by atoms with Gasteiger partial charge in [-0.1, -0.05) is 35.5 Å². The van der Waals surface area contributed by atoms with Gasteiger partial charge in [0.1, 0.15) is 6.79 Å². The van der Waals surface area contributed by atoms with E-state index in [1.807, 2.05) is 0 Å². The van der Waals surface area contributed by atoms with E-state index in [0.717, 1.165) is 6.42 Å². The smallest absolute Gasteiger partial charge is 0.146 e. The summed E-state index contributed by atoms with van der Waals surface area (Å²) >= 11 is -0.0405. The van der Waals surface area contributed by atoms with E-state index in [9.17, 15) is 0 Å². The molecule has 1 heterocycles. The molecule has 0 saturated heterocycles. The fraction of sp³-hybridized carbons (Fsp3) is 0.357. The maximum Gasteiger partial charge on any atom is 0.146 e. The highest BCUT2D eigenvalue weighted by Crippen LogP contribution is 2.23. The molecule has 0 N–H and O–H groups in total. The Morgan fingerprint density at radius 1 is 1.33 bits per heavy atom. The number of rotatable bonds is 6. The summed E-state index contributed by atoms with van der Waals surface area (Å²) in [6.45, 7) is 1.03. The van der Waals surface area contributed by atoms with Crippen molar-refractivity contribution in [2.24, 2.45) is 0 Å². The van der Waals surface area contributed by atoms with Crippen molar-refractivity contribution >= 4 is 22.0 Å². The van der Waals surface area contributed by atoms with Crippen LogP contribution in [0.1, 0.15) is 5.56 Å². The predicted molar refractivity (Wildman–Crippen MR) is 77.5 cm³/mol. The summed E-state index contributed by atoms with van der Waals surface area (Å²) in [5.74, 6) is 0. The molecule has 0 saturated carbocycles. The van der Waals surface area contributed by atoms with Crippen LogP contribution in [0.25, 0.3) is 10.9 Å². The lowest BCUT2D eigenvalue weighted by Gasteiger charge is -2.04. The first-order valence-corrected chi connectivity index (χ1v) is 7.61. The predicted octanol–water partition coefficient (Wildman–Crippen LogP) is 2.61. The van der Waals surface area contributed by atoms with Gasteiger partial charge in [0, 0.05) is 12.5 Å². The van der Waals surface area contributed by atoms with Crippen molar-refractivity contribution < 1.29 is 9.47 Å². The molecule has 1 aromatic carbocycles. The largest absolute Gasteiger partial charge is 0.359 e. The van der Waals surface area contributed by atoms with Crippen LogP contribution < -0.4 is 0 Å². The number of hydrogen-bond acceptors (Lipinski definition) is 2. The van der Waals surface area contributed by atoms with Gasteiger partial charge >= 0.3 is 0 Å². The highest BCUT2D eigenvalue weighted by Gasteiger charge is 2.12. The summed E-state index contributed by atoms with van der Waals surface area (Å²) in [6.07, 6.45) is 9.33. The second-order valence-corrected chi connectivity index (χ2v) is 5.76. The third-order valence-corrected chi connectivity index (χ3v) is 3.79. The SMILES string of the molecule is [CH2-][S+](C)n1cc(CCOCOC)c2ccccc21. The Morgan fingerprint density at radius 2 is 2.11 bits per heavy atom. The minimum Gasteiger partial charge on any atom is -0.359 e. The van der Waals surface area contributed by atoms with Crippen molar-refractivity contribution in [1.29, 1.82) is 0 Å². The van der Waals surface area contributed by atoms with Crippen molar-refractivity contribution in [1.82, 2.24) is 3.97 Å². The monoisotopic (exact) mass is 265 g/mol. The van der Waals surface area contributed by atoms with E-state index in [-0.39, 0.29) is 11.1 Å². The van der Waals surface area contributed by atoms with E-state index in [0.29, 0.717) is 13.4 Å². The van der Waals surface area contributed by atoms with E-state index in [1.165, 1.54) is 16.5 Å². The molecule has 3 nitrogen and oxygen atoms in total. The highest BCUT2D eigenvalue weighted by molar-refractivity contribution is 7.96. The lowest BCUT2D eigenvalue weighted by atomic mass is 10.1. The van der Waals surface area contributed by atoms with E-state index in [4.69, 9.17) is 9.47 Å². The summed E-state index contributed by atoms with van der Waals surface area (Å²) in [5, 5.41) is 1.29. The topological polar surface area (TPSA) is 23.4 Å². The van der Waals surface area contributed by atoms with Crippen LogP contribution >= 0.6 is 0 Å². The van der Waals surface area contributed by atoms with Crippen LogP contribution in [0.2, 0.25) is 0 Å². The van der Waals surface area contributed by atoms with Crippen molar-refractivity contribution in [3.63, 3.8) is 0 Å². The number of ether oxygens (including phenoxy) is 2. The average Bonchev–Trinajstić information content (AvgIpc) is 2.74. The van der Waals surface area contributed by atoms with Crippen LogP contribution in [-0.2, 0) is 27.0 Å². The number of methoxy groups -OCH3 is 1. The summed E-state index contributed by atoms with van der Waals surface area (Å²) in [6, 6.07) is 8.44. The maximum absolute atomic E-state index is 5.36. The molecule has 2 rings (SSSR count). The zero-order valence-corrected chi connectivity index (χ0v) is 11.7. The molecule has 0 aliphatic rings. The van der Waals surface area contributed by atoms with Gasteiger partial charge in [0.15, 0.2) is 0 Å². The molecule has 18 heavy (non-hydrogen) atoms. The molecule has 0 aliphatic heterocycles. The van der Waals surface area contributed by atoms with Gasteiger partial charge in [-0.05, 0) is 18.1 Å². The van der Waals surface area contributed by atoms with Gasteiger partial charge in [-0.25, -0.2) is 3.97 Å². The van der Waals surface area contributed by atoms with Gasteiger partial charge in [0.25, 0.3) is 0 Å². The Hall–Kier alpha value is -0.970. The number of nitrogens with zero attached hydrogens (tertiary/aromatic N) is 1. The van der Waals surface area contributed by atoms with Crippen molar-refractivity contribution in [2.75, 3.05) is 26.8 Å². The van der Waals surface area contributed by atoms with Gasteiger partial charge in [0.05, 0.1) is 24.6 Å². The second kappa shape index (κ2) is 6.27. The lowest BCUT2D eigenvalue weighted by molar-refractivity contribution is -0.0290. The van der Waals surface area contributed by atoms with Crippen molar-refractivity contribution in [2.45, 2.75) is 6.42 Å². The van der Waals surface area contributed by atoms with Crippen LogP contribution in [0.4, 0.5) is 0 Å². The number of hydrogen-bond donors (Lipinski definition) is 0. The van der Waals surface area contributed by atoms with Crippen LogP contribution in [-0.4, -0.2) is 30.7 Å². The molecule has 0 bridgehead atoms. The first-order valence-electron chi connectivity index (χ1n) is 5.86. The molecular formula is C14H19NO2S. The third kappa shape index (κ3) is 2.88. The number of aromatic nitrogens is 1. The van der Waals surface area contributed by atoms with E-state index in [2.05, 4.69) is 46.9 Å². The molecule has 0 radical (unpaired) electrons. The van der Waals surface area contributed by atoms with E-state index in [1.54, 1.807) is 7.11 Å². The van der Waals surface area contributed by atoms with Crippen LogP contribution in [0.5, 0.6) is 0 Å². The zero-order valence-electron chi connectivity index (χ0n) is 10.9. The number of para-hydroxylation sites is 1. The van der Waals surface area contributed by atoms with Crippen LogP contribution in [0, 0.1) is 6.26 Å². The minimum atomic E-state index is -0.0405. The Kier molecular flexibility index (Phi) is 4.69. The molecule has 1 unspecified atom stereocenters. The van der Waals surface area contributed by atoms with Crippen LogP contribution in [0.3, 0.4) is 0 Å². The Bertz CT molecular complexity index is 507. The first kappa shape index (κ1) is 13.5. The molecule has 0 amide bonds. The van der Waals surface area contributed by atoms with Gasteiger partial charge in [0.2, 0.25) is 0 Å². The fourth-order valence-corrected chi connectivity index (χ4v) is 2.80. The Labute approximate surface area is 111 Å². The Balaban J connectivity index is 2.22. The van der Waals surface area contributed by atoms with Gasteiger partial charge in [-0.15, -0.1) is 0 Å². The van der Waals surface area contributed by atoms with Gasteiger partial charge < -0.3 is 9.47 Å². The molecule has 2 aromatic rings. The zero-order chi connectivity index (χ0) is 13.0. The van der Waals surface area contributed by atoms with E-state index >= 15 is 0 Å². The molecule has 0 fully saturated rings. The third-order valence-electron chi connectivity index (χ3n) is 2.81. The summed E-state index contributed by atoms with van der Waals surface area (Å²) < 4.78 is 12.5. The minimum absolute atomic E-state index is 0.0405. The van der Waals surface area contributed by atoms with Crippen molar-refractivity contribution in [3.05, 3.63) is 42.3 Å². The maximum atomic E-state index is 5.36. The van der Waals surface area contributed by atoms with E-state index < -0.39 is 0 Å². The van der Waals surface area contributed by atoms with Crippen LogP contribution in [0.15, 0.2) is 30.5 Å². The van der Waals surface area contributed by atoms with Gasteiger partial charge in [-0.2, -0.15) is 0 Å². The average molecular weight is 265 g/mol. The molecule has 0 spiro atoms. The molecule has 4 heteroatoms. The molecule has 0 aliphatic carbocycles. The highest BCUT2D eigenvalue weighted by atomic mass is 32.2. The van der Waals surface area contributed by atoms with Crippen molar-refractivity contribution in [3.8, 4) is 0 Å². The molecular weight excluding hydrogens is 246 g/mol. The Morgan fingerprint density at radius 3 is 2.83 bits per heavy atom. The number of fused-ring (bicyclic) bond motifs is 1. The molecule has 98 valence electrons. The van der Waals surface area contributed by atoms with Gasteiger partial charge in [-0.3, -0.25) is 0 Å². The first-order chi connectivity index (χ1) is 8.74. The molecule has 1 atom stereocenters. The molecule has 1 aromatic heterocycles. The fourth-order valence-electron chi connectivity index (χ4n) is 2.00.